The summed E-state index contributed by atoms with van der Waals surface area (Å²) < 4.78 is 52.7. The van der Waals surface area contributed by atoms with Gasteiger partial charge in [-0.25, -0.2) is 0 Å². The molecular formula is C12H16F3NO4. The number of benzene rings is 1. The van der Waals surface area contributed by atoms with E-state index < -0.39 is 18.3 Å². The molecule has 8 heteroatoms. The van der Waals surface area contributed by atoms with Crippen LogP contribution in [0.1, 0.15) is 11.6 Å². The van der Waals surface area contributed by atoms with Gasteiger partial charge in [-0.05, 0) is 0 Å². The SMILES string of the molecule is COc1cc(OC)c([C@H](N)[C@H](O)C(F)(F)F)c(OC)c1. The van der Waals surface area contributed by atoms with E-state index in [0.717, 1.165) is 0 Å². The van der Waals surface area contributed by atoms with Crippen LogP contribution in [0.5, 0.6) is 17.2 Å². The van der Waals surface area contributed by atoms with Crippen molar-refractivity contribution >= 4 is 0 Å². The lowest BCUT2D eigenvalue weighted by atomic mass is 9.99. The Morgan fingerprint density at radius 2 is 1.50 bits per heavy atom. The van der Waals surface area contributed by atoms with Crippen molar-refractivity contribution < 1.29 is 32.5 Å². The first-order valence-corrected chi connectivity index (χ1v) is 5.56. The highest BCUT2D eigenvalue weighted by molar-refractivity contribution is 5.52. The summed E-state index contributed by atoms with van der Waals surface area (Å²) in [6.45, 7) is 0. The Morgan fingerprint density at radius 1 is 1.05 bits per heavy atom. The fourth-order valence-electron chi connectivity index (χ4n) is 1.72. The summed E-state index contributed by atoms with van der Waals surface area (Å²) in [5.41, 5.74) is 5.42. The number of aliphatic hydroxyl groups excluding tert-OH is 1. The van der Waals surface area contributed by atoms with Gasteiger partial charge in [0.05, 0.1) is 32.9 Å². The first kappa shape index (κ1) is 16.4. The molecule has 20 heavy (non-hydrogen) atoms. The third-order valence-electron chi connectivity index (χ3n) is 2.76. The maximum atomic E-state index is 12.6. The molecule has 5 nitrogen and oxygen atoms in total. The van der Waals surface area contributed by atoms with Crippen molar-refractivity contribution in [2.75, 3.05) is 21.3 Å². The number of aliphatic hydroxyl groups is 1. The minimum absolute atomic E-state index is 0.0389. The molecule has 0 radical (unpaired) electrons. The molecule has 0 fully saturated rings. The molecule has 3 N–H and O–H groups in total. The molecule has 0 saturated carbocycles. The van der Waals surface area contributed by atoms with E-state index in [1.54, 1.807) is 0 Å². The van der Waals surface area contributed by atoms with Crippen LogP contribution in [0.25, 0.3) is 0 Å². The van der Waals surface area contributed by atoms with Crippen LogP contribution in [-0.4, -0.2) is 38.7 Å². The monoisotopic (exact) mass is 295 g/mol. The third-order valence-corrected chi connectivity index (χ3v) is 2.76. The van der Waals surface area contributed by atoms with Crippen LogP contribution in [0.4, 0.5) is 13.2 Å². The van der Waals surface area contributed by atoms with E-state index in [1.807, 2.05) is 0 Å². The van der Waals surface area contributed by atoms with Crippen LogP contribution in [-0.2, 0) is 0 Å². The molecule has 0 unspecified atom stereocenters. The maximum absolute atomic E-state index is 12.6. The van der Waals surface area contributed by atoms with Gasteiger partial charge in [-0.3, -0.25) is 0 Å². The molecule has 1 aromatic rings. The summed E-state index contributed by atoms with van der Waals surface area (Å²) in [7, 11) is 3.92. The second-order valence-electron chi connectivity index (χ2n) is 3.96. The summed E-state index contributed by atoms with van der Waals surface area (Å²) in [4.78, 5) is 0. The standard InChI is InChI=1S/C12H16F3NO4/c1-18-6-4-7(19-2)9(8(5-6)20-3)10(16)11(17)12(13,14)15/h4-5,10-11,17H,16H2,1-3H3/t10-,11-/m0/s1. The van der Waals surface area contributed by atoms with Gasteiger partial charge in [0.1, 0.15) is 17.2 Å². The number of ether oxygens (including phenoxy) is 3. The van der Waals surface area contributed by atoms with Crippen LogP contribution < -0.4 is 19.9 Å². The summed E-state index contributed by atoms with van der Waals surface area (Å²) >= 11 is 0. The van der Waals surface area contributed by atoms with Crippen molar-refractivity contribution in [3.05, 3.63) is 17.7 Å². The summed E-state index contributed by atoms with van der Waals surface area (Å²) in [5.74, 6) is 0.408. The number of halogens is 3. The van der Waals surface area contributed by atoms with E-state index in [9.17, 15) is 18.3 Å². The van der Waals surface area contributed by atoms with E-state index in [4.69, 9.17) is 19.9 Å². The summed E-state index contributed by atoms with van der Waals surface area (Å²) in [5, 5.41) is 9.28. The van der Waals surface area contributed by atoms with E-state index in [1.165, 1.54) is 33.5 Å². The Balaban J connectivity index is 3.35. The molecule has 0 aliphatic heterocycles. The van der Waals surface area contributed by atoms with E-state index in [-0.39, 0.29) is 17.1 Å². The second kappa shape index (κ2) is 6.19. The predicted molar refractivity (Wildman–Crippen MR) is 65.1 cm³/mol. The second-order valence-corrected chi connectivity index (χ2v) is 3.96. The van der Waals surface area contributed by atoms with Gasteiger partial charge >= 0.3 is 6.18 Å². The molecular weight excluding hydrogens is 279 g/mol. The first-order chi connectivity index (χ1) is 9.26. The zero-order valence-electron chi connectivity index (χ0n) is 11.2. The van der Waals surface area contributed by atoms with Gasteiger partial charge in [-0.1, -0.05) is 0 Å². The zero-order chi connectivity index (χ0) is 15.5. The number of alkyl halides is 3. The lowest BCUT2D eigenvalue weighted by Crippen LogP contribution is -2.39. The molecule has 0 amide bonds. The lowest BCUT2D eigenvalue weighted by molar-refractivity contribution is -0.210. The maximum Gasteiger partial charge on any atom is 0.416 e. The number of methoxy groups -OCH3 is 3. The van der Waals surface area contributed by atoms with Gasteiger partial charge in [-0.2, -0.15) is 13.2 Å². The molecule has 0 spiro atoms. The Hall–Kier alpha value is -1.67. The van der Waals surface area contributed by atoms with Crippen molar-refractivity contribution in [2.45, 2.75) is 18.3 Å². The molecule has 0 saturated heterocycles. The molecule has 0 aromatic heterocycles. The quantitative estimate of drug-likeness (QED) is 0.864. The molecule has 1 aromatic carbocycles. The topological polar surface area (TPSA) is 73.9 Å². The number of hydrogen-bond donors (Lipinski definition) is 2. The largest absolute Gasteiger partial charge is 0.496 e. The van der Waals surface area contributed by atoms with Crippen molar-refractivity contribution in [1.82, 2.24) is 0 Å². The van der Waals surface area contributed by atoms with Gasteiger partial charge in [0, 0.05) is 12.1 Å². The van der Waals surface area contributed by atoms with Crippen LogP contribution in [0.3, 0.4) is 0 Å². The number of hydrogen-bond acceptors (Lipinski definition) is 5. The molecule has 114 valence electrons. The molecule has 0 aliphatic carbocycles. The van der Waals surface area contributed by atoms with Crippen molar-refractivity contribution in [2.24, 2.45) is 5.73 Å². The van der Waals surface area contributed by atoms with Crippen LogP contribution in [0.15, 0.2) is 12.1 Å². The fraction of sp³-hybridized carbons (Fsp3) is 0.500. The highest BCUT2D eigenvalue weighted by atomic mass is 19.4. The van der Waals surface area contributed by atoms with E-state index in [0.29, 0.717) is 5.75 Å². The summed E-state index contributed by atoms with van der Waals surface area (Å²) in [6, 6.07) is 0.979. The first-order valence-electron chi connectivity index (χ1n) is 5.56. The average Bonchev–Trinajstić information content (AvgIpc) is 2.42. The van der Waals surface area contributed by atoms with Crippen LogP contribution in [0, 0.1) is 0 Å². The number of nitrogens with two attached hydrogens (primary N) is 1. The highest BCUT2D eigenvalue weighted by Gasteiger charge is 2.44. The minimum Gasteiger partial charge on any atom is -0.496 e. The van der Waals surface area contributed by atoms with Crippen LogP contribution in [0.2, 0.25) is 0 Å². The Kier molecular flexibility index (Phi) is 5.07. The van der Waals surface area contributed by atoms with Gasteiger partial charge in [0.25, 0.3) is 0 Å². The lowest BCUT2D eigenvalue weighted by Gasteiger charge is -2.25. The average molecular weight is 295 g/mol. The van der Waals surface area contributed by atoms with Gasteiger partial charge in [-0.15, -0.1) is 0 Å². The predicted octanol–water partition coefficient (Wildman–Crippen LogP) is 1.64. The molecule has 0 heterocycles. The number of rotatable bonds is 5. The fourth-order valence-corrected chi connectivity index (χ4v) is 1.72. The van der Waals surface area contributed by atoms with E-state index >= 15 is 0 Å². The summed E-state index contributed by atoms with van der Waals surface area (Å²) in [6.07, 6.45) is -7.59. The zero-order valence-corrected chi connectivity index (χ0v) is 11.2. The van der Waals surface area contributed by atoms with Gasteiger partial charge in [0.15, 0.2) is 6.10 Å². The van der Waals surface area contributed by atoms with Crippen molar-refractivity contribution in [3.63, 3.8) is 0 Å². The molecule has 0 aliphatic rings. The normalized spacial score (nSPS) is 14.6. The van der Waals surface area contributed by atoms with Crippen molar-refractivity contribution in [1.29, 1.82) is 0 Å². The third kappa shape index (κ3) is 3.26. The molecule has 2 atom stereocenters. The Bertz CT molecular complexity index is 440. The Labute approximate surface area is 114 Å². The smallest absolute Gasteiger partial charge is 0.416 e. The molecule has 1 rings (SSSR count). The highest BCUT2D eigenvalue weighted by Crippen LogP contribution is 2.41. The minimum atomic E-state index is -4.85. The Morgan fingerprint density at radius 3 is 1.80 bits per heavy atom. The van der Waals surface area contributed by atoms with Crippen LogP contribution >= 0.6 is 0 Å². The van der Waals surface area contributed by atoms with Crippen molar-refractivity contribution in [3.8, 4) is 17.2 Å². The van der Waals surface area contributed by atoms with E-state index in [2.05, 4.69) is 0 Å². The van der Waals surface area contributed by atoms with Gasteiger partial charge < -0.3 is 25.1 Å². The molecule has 0 bridgehead atoms. The van der Waals surface area contributed by atoms with Gasteiger partial charge in [0.2, 0.25) is 0 Å².